The van der Waals surface area contributed by atoms with Crippen LogP contribution >= 0.6 is 0 Å². The lowest BCUT2D eigenvalue weighted by Gasteiger charge is -2.30. The van der Waals surface area contributed by atoms with E-state index in [0.29, 0.717) is 25.0 Å². The molecular formula is C14H19F3N2O. The van der Waals surface area contributed by atoms with Crippen molar-refractivity contribution in [3.8, 4) is 5.88 Å². The van der Waals surface area contributed by atoms with Crippen LogP contribution in [0, 0.1) is 11.8 Å². The number of hydrogen-bond acceptors (Lipinski definition) is 3. The summed E-state index contributed by atoms with van der Waals surface area (Å²) in [6.45, 7) is 0.986. The molecule has 2 atom stereocenters. The Morgan fingerprint density at radius 3 is 2.60 bits per heavy atom. The molecule has 0 amide bonds. The number of aromatic nitrogens is 1. The molecule has 112 valence electrons. The third kappa shape index (κ3) is 3.85. The van der Waals surface area contributed by atoms with Crippen molar-refractivity contribution in [2.75, 3.05) is 13.2 Å². The molecule has 1 saturated carbocycles. The molecule has 2 N–H and O–H groups in total. The summed E-state index contributed by atoms with van der Waals surface area (Å²) in [4.78, 5) is 3.83. The maximum absolute atomic E-state index is 12.6. The molecule has 0 aliphatic heterocycles. The van der Waals surface area contributed by atoms with Crippen LogP contribution in [0.25, 0.3) is 0 Å². The molecule has 1 aromatic rings. The van der Waals surface area contributed by atoms with E-state index in [1.807, 2.05) is 0 Å². The maximum atomic E-state index is 12.6. The number of pyridine rings is 1. The van der Waals surface area contributed by atoms with Crippen LogP contribution < -0.4 is 10.5 Å². The van der Waals surface area contributed by atoms with Crippen molar-refractivity contribution in [1.82, 2.24) is 4.98 Å². The Labute approximate surface area is 116 Å². The molecule has 20 heavy (non-hydrogen) atoms. The van der Waals surface area contributed by atoms with Gasteiger partial charge in [-0.2, -0.15) is 13.2 Å². The average molecular weight is 288 g/mol. The molecule has 1 aromatic heterocycles. The topological polar surface area (TPSA) is 48.1 Å². The van der Waals surface area contributed by atoms with Crippen LogP contribution in [0.15, 0.2) is 18.3 Å². The number of rotatable bonds is 4. The van der Waals surface area contributed by atoms with E-state index in [2.05, 4.69) is 4.98 Å². The van der Waals surface area contributed by atoms with E-state index >= 15 is 0 Å². The molecule has 2 unspecified atom stereocenters. The maximum Gasteiger partial charge on any atom is 0.416 e. The van der Waals surface area contributed by atoms with Gasteiger partial charge in [0.15, 0.2) is 0 Å². The van der Waals surface area contributed by atoms with Crippen molar-refractivity contribution in [3.05, 3.63) is 23.9 Å². The van der Waals surface area contributed by atoms with Crippen LogP contribution in [0.3, 0.4) is 0 Å². The molecule has 1 aliphatic rings. The van der Waals surface area contributed by atoms with Gasteiger partial charge in [0.25, 0.3) is 0 Å². The molecule has 0 aromatic carbocycles. The molecule has 0 radical (unpaired) electrons. The van der Waals surface area contributed by atoms with Gasteiger partial charge in [0, 0.05) is 12.3 Å². The Kier molecular flexibility index (Phi) is 4.86. The zero-order valence-corrected chi connectivity index (χ0v) is 11.2. The summed E-state index contributed by atoms with van der Waals surface area (Å²) in [7, 11) is 0. The van der Waals surface area contributed by atoms with Crippen molar-refractivity contribution in [1.29, 1.82) is 0 Å². The van der Waals surface area contributed by atoms with Gasteiger partial charge >= 0.3 is 6.18 Å². The van der Waals surface area contributed by atoms with Crippen molar-refractivity contribution >= 4 is 0 Å². The highest BCUT2D eigenvalue weighted by atomic mass is 19.4. The SMILES string of the molecule is NCC1CCCCC1COc1cc(C(F)(F)F)ccn1. The van der Waals surface area contributed by atoms with Crippen LogP contribution in [0.4, 0.5) is 13.2 Å². The van der Waals surface area contributed by atoms with Gasteiger partial charge in [-0.15, -0.1) is 0 Å². The Morgan fingerprint density at radius 2 is 1.95 bits per heavy atom. The molecular weight excluding hydrogens is 269 g/mol. The smallest absolute Gasteiger partial charge is 0.416 e. The fraction of sp³-hybridized carbons (Fsp3) is 0.643. The summed E-state index contributed by atoms with van der Waals surface area (Å²) in [6, 6.07) is 1.89. The third-order valence-electron chi connectivity index (χ3n) is 3.88. The summed E-state index contributed by atoms with van der Waals surface area (Å²) in [5, 5.41) is 0. The molecule has 1 fully saturated rings. The van der Waals surface area contributed by atoms with Gasteiger partial charge in [-0.3, -0.25) is 0 Å². The second-order valence-electron chi connectivity index (χ2n) is 5.23. The zero-order valence-electron chi connectivity index (χ0n) is 11.2. The lowest BCUT2D eigenvalue weighted by molar-refractivity contribution is -0.137. The van der Waals surface area contributed by atoms with Crippen LogP contribution in [0.2, 0.25) is 0 Å². The van der Waals surface area contributed by atoms with Gasteiger partial charge in [0.2, 0.25) is 5.88 Å². The van der Waals surface area contributed by atoms with Gasteiger partial charge in [-0.05, 0) is 37.3 Å². The van der Waals surface area contributed by atoms with E-state index in [1.54, 1.807) is 0 Å². The summed E-state index contributed by atoms with van der Waals surface area (Å²) in [6.07, 6.45) is 1.13. The number of alkyl halides is 3. The molecule has 1 aliphatic carbocycles. The van der Waals surface area contributed by atoms with Gasteiger partial charge in [-0.1, -0.05) is 12.8 Å². The van der Waals surface area contributed by atoms with Crippen LogP contribution in [0.5, 0.6) is 5.88 Å². The average Bonchev–Trinajstić information content (AvgIpc) is 2.45. The Balaban J connectivity index is 1.96. The predicted molar refractivity (Wildman–Crippen MR) is 69.2 cm³/mol. The van der Waals surface area contributed by atoms with E-state index in [4.69, 9.17) is 10.5 Å². The zero-order chi connectivity index (χ0) is 14.6. The normalized spacial score (nSPS) is 23.6. The summed E-state index contributed by atoms with van der Waals surface area (Å²) < 4.78 is 43.2. The minimum atomic E-state index is -4.37. The lowest BCUT2D eigenvalue weighted by atomic mass is 9.80. The monoisotopic (exact) mass is 288 g/mol. The summed E-state index contributed by atoms with van der Waals surface area (Å²) in [5.41, 5.74) is 4.99. The van der Waals surface area contributed by atoms with E-state index < -0.39 is 11.7 Å². The fourth-order valence-electron chi connectivity index (χ4n) is 2.67. The van der Waals surface area contributed by atoms with E-state index in [-0.39, 0.29) is 5.88 Å². The van der Waals surface area contributed by atoms with Gasteiger partial charge in [-0.25, -0.2) is 4.98 Å². The first kappa shape index (κ1) is 15.1. The lowest BCUT2D eigenvalue weighted by Crippen LogP contribution is -2.30. The van der Waals surface area contributed by atoms with Gasteiger partial charge in [0.05, 0.1) is 12.2 Å². The van der Waals surface area contributed by atoms with Crippen LogP contribution in [-0.2, 0) is 6.18 Å². The van der Waals surface area contributed by atoms with Crippen molar-refractivity contribution < 1.29 is 17.9 Å². The first-order chi connectivity index (χ1) is 9.50. The molecule has 1 heterocycles. The van der Waals surface area contributed by atoms with Crippen molar-refractivity contribution in [3.63, 3.8) is 0 Å². The first-order valence-electron chi connectivity index (χ1n) is 6.87. The Bertz CT molecular complexity index is 437. The minimum absolute atomic E-state index is 0.0289. The largest absolute Gasteiger partial charge is 0.477 e. The number of nitrogens with zero attached hydrogens (tertiary/aromatic N) is 1. The molecule has 0 spiro atoms. The van der Waals surface area contributed by atoms with E-state index in [1.165, 1.54) is 6.42 Å². The third-order valence-corrected chi connectivity index (χ3v) is 3.88. The number of halogens is 3. The first-order valence-corrected chi connectivity index (χ1v) is 6.87. The fourth-order valence-corrected chi connectivity index (χ4v) is 2.67. The van der Waals surface area contributed by atoms with E-state index in [0.717, 1.165) is 37.6 Å². The van der Waals surface area contributed by atoms with Gasteiger partial charge in [0.1, 0.15) is 0 Å². The van der Waals surface area contributed by atoms with Crippen molar-refractivity contribution in [2.24, 2.45) is 17.6 Å². The molecule has 6 heteroatoms. The van der Waals surface area contributed by atoms with Gasteiger partial charge < -0.3 is 10.5 Å². The summed E-state index contributed by atoms with van der Waals surface area (Å²) in [5.74, 6) is 0.737. The van der Waals surface area contributed by atoms with Crippen LogP contribution in [-0.4, -0.2) is 18.1 Å². The summed E-state index contributed by atoms with van der Waals surface area (Å²) >= 11 is 0. The van der Waals surface area contributed by atoms with Crippen molar-refractivity contribution in [2.45, 2.75) is 31.9 Å². The molecule has 0 saturated heterocycles. The number of hydrogen-bond donors (Lipinski definition) is 1. The highest BCUT2D eigenvalue weighted by molar-refractivity contribution is 5.22. The number of ether oxygens (including phenoxy) is 1. The molecule has 2 rings (SSSR count). The molecule has 0 bridgehead atoms. The predicted octanol–water partition coefficient (Wildman–Crippen LogP) is 3.24. The second kappa shape index (κ2) is 6.43. The Hall–Kier alpha value is -1.30. The van der Waals surface area contributed by atoms with Crippen LogP contribution in [0.1, 0.15) is 31.2 Å². The Morgan fingerprint density at radius 1 is 1.25 bits per heavy atom. The minimum Gasteiger partial charge on any atom is -0.477 e. The molecule has 3 nitrogen and oxygen atoms in total. The second-order valence-corrected chi connectivity index (χ2v) is 5.23. The highest BCUT2D eigenvalue weighted by Gasteiger charge is 2.31. The number of nitrogens with two attached hydrogens (primary N) is 1. The highest BCUT2D eigenvalue weighted by Crippen LogP contribution is 2.32. The van der Waals surface area contributed by atoms with E-state index in [9.17, 15) is 13.2 Å². The quantitative estimate of drug-likeness (QED) is 0.925. The standard InChI is InChI=1S/C14H19F3N2O/c15-14(16,17)12-5-6-19-13(7-12)20-9-11-4-2-1-3-10(11)8-18/h5-7,10-11H,1-4,8-9,18H2.